The van der Waals surface area contributed by atoms with Gasteiger partial charge >= 0.3 is 0 Å². The van der Waals surface area contributed by atoms with Crippen LogP contribution in [0.5, 0.6) is 0 Å². The number of anilines is 2. The van der Waals surface area contributed by atoms with Gasteiger partial charge in [-0.2, -0.15) is 4.31 Å². The molecule has 0 spiro atoms. The van der Waals surface area contributed by atoms with Crippen molar-refractivity contribution in [3.8, 4) is 0 Å². The normalized spacial score (nSPS) is 18.5. The Bertz CT molecular complexity index is 1060. The Labute approximate surface area is 193 Å². The maximum absolute atomic E-state index is 12.9. The molecule has 2 aliphatic heterocycles. The predicted molar refractivity (Wildman–Crippen MR) is 125 cm³/mol. The number of carbonyl (C=O) groups is 1. The number of halogens is 1. The number of rotatable bonds is 5. The van der Waals surface area contributed by atoms with Gasteiger partial charge in [-0.15, -0.1) is 0 Å². The molecule has 0 unspecified atom stereocenters. The minimum absolute atomic E-state index is 0.0411. The van der Waals surface area contributed by atoms with E-state index in [1.165, 1.54) is 22.5 Å². The summed E-state index contributed by atoms with van der Waals surface area (Å²) < 4.78 is 32.4. The standard InChI is InChI=1S/C22H27ClN4O4S/c1-25-8-10-26(11-9-25)18-4-2-17(3-5-18)24-22(28)20-16-19(6-7-21(20)23)32(29,30)27-12-14-31-15-13-27/h2-7,16H,8-15H2,1H3,(H,24,28). The molecule has 10 heteroatoms. The molecule has 0 saturated carbocycles. The third-order valence-corrected chi connectivity index (χ3v) is 8.01. The second-order valence-electron chi connectivity index (χ2n) is 7.95. The van der Waals surface area contributed by atoms with Crippen molar-refractivity contribution in [2.75, 3.05) is 69.7 Å². The molecule has 2 saturated heterocycles. The molecule has 4 rings (SSSR count). The number of nitrogens with one attached hydrogen (secondary N) is 1. The molecular weight excluding hydrogens is 452 g/mol. The first-order valence-electron chi connectivity index (χ1n) is 10.6. The third-order valence-electron chi connectivity index (χ3n) is 5.78. The average molecular weight is 479 g/mol. The summed E-state index contributed by atoms with van der Waals surface area (Å²) in [5.41, 5.74) is 1.84. The summed E-state index contributed by atoms with van der Waals surface area (Å²) >= 11 is 6.23. The first-order valence-corrected chi connectivity index (χ1v) is 12.4. The summed E-state index contributed by atoms with van der Waals surface area (Å²) in [6.45, 7) is 5.22. The van der Waals surface area contributed by atoms with E-state index in [1.807, 2.05) is 24.3 Å². The van der Waals surface area contributed by atoms with Gasteiger partial charge in [-0.05, 0) is 49.5 Å². The van der Waals surface area contributed by atoms with Crippen LogP contribution in [-0.4, -0.2) is 83.1 Å². The summed E-state index contributed by atoms with van der Waals surface area (Å²) in [6, 6.07) is 11.8. The van der Waals surface area contributed by atoms with E-state index in [9.17, 15) is 13.2 Å². The number of nitrogens with zero attached hydrogens (tertiary/aromatic N) is 3. The van der Waals surface area contributed by atoms with E-state index in [2.05, 4.69) is 22.2 Å². The number of morpholine rings is 1. The van der Waals surface area contributed by atoms with Crippen molar-refractivity contribution in [2.24, 2.45) is 0 Å². The number of ether oxygens (including phenoxy) is 1. The van der Waals surface area contributed by atoms with Gasteiger partial charge in [-0.1, -0.05) is 11.6 Å². The van der Waals surface area contributed by atoms with Crippen molar-refractivity contribution in [1.82, 2.24) is 9.21 Å². The van der Waals surface area contributed by atoms with Crippen molar-refractivity contribution in [3.63, 3.8) is 0 Å². The molecule has 2 heterocycles. The van der Waals surface area contributed by atoms with E-state index in [0.29, 0.717) is 18.9 Å². The van der Waals surface area contributed by atoms with Gasteiger partial charge in [0.25, 0.3) is 5.91 Å². The van der Waals surface area contributed by atoms with E-state index in [0.717, 1.165) is 31.9 Å². The topological polar surface area (TPSA) is 82.2 Å². The van der Waals surface area contributed by atoms with Gasteiger partial charge in [0.1, 0.15) is 0 Å². The van der Waals surface area contributed by atoms with Gasteiger partial charge in [0.15, 0.2) is 0 Å². The van der Waals surface area contributed by atoms with Crippen molar-refractivity contribution in [1.29, 1.82) is 0 Å². The first-order chi connectivity index (χ1) is 15.3. The molecule has 1 N–H and O–H groups in total. The third kappa shape index (κ3) is 5.07. The van der Waals surface area contributed by atoms with Crippen LogP contribution in [0.2, 0.25) is 5.02 Å². The van der Waals surface area contributed by atoms with Crippen molar-refractivity contribution < 1.29 is 17.9 Å². The second kappa shape index (κ2) is 9.76. The molecule has 2 aromatic carbocycles. The molecule has 0 aromatic heterocycles. The number of hydrogen-bond donors (Lipinski definition) is 1. The molecule has 0 bridgehead atoms. The molecule has 0 radical (unpaired) electrons. The summed E-state index contributed by atoms with van der Waals surface area (Å²) in [5.74, 6) is -0.457. The number of piperazine rings is 1. The highest BCUT2D eigenvalue weighted by Crippen LogP contribution is 2.25. The van der Waals surface area contributed by atoms with E-state index < -0.39 is 15.9 Å². The monoisotopic (exact) mass is 478 g/mol. The van der Waals surface area contributed by atoms with Gasteiger partial charge in [-0.3, -0.25) is 4.79 Å². The zero-order chi connectivity index (χ0) is 22.7. The maximum atomic E-state index is 12.9. The number of benzene rings is 2. The smallest absolute Gasteiger partial charge is 0.257 e. The fraction of sp³-hybridized carbons (Fsp3) is 0.409. The Hall–Kier alpha value is -2.17. The Morgan fingerprint density at radius 1 is 0.969 bits per heavy atom. The van der Waals surface area contributed by atoms with Crippen LogP contribution < -0.4 is 10.2 Å². The summed E-state index contributed by atoms with van der Waals surface area (Å²) in [7, 11) is -1.61. The lowest BCUT2D eigenvalue weighted by molar-refractivity contribution is 0.0730. The molecule has 2 aliphatic rings. The van der Waals surface area contributed by atoms with Crippen LogP contribution in [0, 0.1) is 0 Å². The van der Waals surface area contributed by atoms with Crippen molar-refractivity contribution >= 4 is 38.9 Å². The van der Waals surface area contributed by atoms with Crippen molar-refractivity contribution in [3.05, 3.63) is 53.1 Å². The highest BCUT2D eigenvalue weighted by molar-refractivity contribution is 7.89. The zero-order valence-electron chi connectivity index (χ0n) is 18.0. The summed E-state index contributed by atoms with van der Waals surface area (Å²) in [5, 5.41) is 3.01. The van der Waals surface area contributed by atoms with Crippen LogP contribution in [-0.2, 0) is 14.8 Å². The van der Waals surface area contributed by atoms with Crippen molar-refractivity contribution in [2.45, 2.75) is 4.90 Å². The largest absolute Gasteiger partial charge is 0.379 e. The van der Waals surface area contributed by atoms with Gasteiger partial charge in [0.05, 0.1) is 28.7 Å². The Kier molecular flexibility index (Phi) is 7.02. The molecule has 172 valence electrons. The lowest BCUT2D eigenvalue weighted by Crippen LogP contribution is -2.44. The van der Waals surface area contributed by atoms with Gasteiger partial charge in [-0.25, -0.2) is 8.42 Å². The minimum Gasteiger partial charge on any atom is -0.379 e. The maximum Gasteiger partial charge on any atom is 0.257 e. The average Bonchev–Trinajstić information content (AvgIpc) is 2.81. The Morgan fingerprint density at radius 2 is 1.62 bits per heavy atom. The lowest BCUT2D eigenvalue weighted by atomic mass is 10.2. The first kappa shape index (κ1) is 23.0. The molecule has 1 amide bonds. The fourth-order valence-electron chi connectivity index (χ4n) is 3.79. The van der Waals surface area contributed by atoms with E-state index in [1.54, 1.807) is 0 Å². The lowest BCUT2D eigenvalue weighted by Gasteiger charge is -2.34. The summed E-state index contributed by atoms with van der Waals surface area (Å²) in [6.07, 6.45) is 0. The van der Waals surface area contributed by atoms with E-state index in [-0.39, 0.29) is 28.6 Å². The molecule has 32 heavy (non-hydrogen) atoms. The molecular formula is C22H27ClN4O4S. The Morgan fingerprint density at radius 3 is 2.28 bits per heavy atom. The van der Waals surface area contributed by atoms with E-state index in [4.69, 9.17) is 16.3 Å². The molecule has 0 aliphatic carbocycles. The number of hydrogen-bond acceptors (Lipinski definition) is 6. The highest BCUT2D eigenvalue weighted by Gasteiger charge is 2.27. The summed E-state index contributed by atoms with van der Waals surface area (Å²) in [4.78, 5) is 17.5. The van der Waals surface area contributed by atoms with E-state index >= 15 is 0 Å². The molecule has 8 nitrogen and oxygen atoms in total. The number of sulfonamides is 1. The van der Waals surface area contributed by atoms with Crippen LogP contribution in [0.4, 0.5) is 11.4 Å². The predicted octanol–water partition coefficient (Wildman–Crippen LogP) is 2.37. The van der Waals surface area contributed by atoms with Gasteiger partial charge in [0, 0.05) is 50.6 Å². The molecule has 2 fully saturated rings. The van der Waals surface area contributed by atoms with Crippen LogP contribution in [0.1, 0.15) is 10.4 Å². The quantitative estimate of drug-likeness (QED) is 0.710. The molecule has 2 aromatic rings. The van der Waals surface area contributed by atoms with Crippen LogP contribution in [0.25, 0.3) is 0 Å². The van der Waals surface area contributed by atoms with Crippen LogP contribution >= 0.6 is 11.6 Å². The zero-order valence-corrected chi connectivity index (χ0v) is 19.5. The number of likely N-dealkylation sites (N-methyl/N-ethyl adjacent to an activating group) is 1. The van der Waals surface area contributed by atoms with Crippen LogP contribution in [0.3, 0.4) is 0 Å². The number of carbonyl (C=O) groups excluding carboxylic acids is 1. The highest BCUT2D eigenvalue weighted by atomic mass is 35.5. The fourth-order valence-corrected chi connectivity index (χ4v) is 5.43. The van der Waals surface area contributed by atoms with Crippen LogP contribution in [0.15, 0.2) is 47.4 Å². The Balaban J connectivity index is 1.48. The minimum atomic E-state index is -3.72. The van der Waals surface area contributed by atoms with Gasteiger partial charge < -0.3 is 19.9 Å². The second-order valence-corrected chi connectivity index (χ2v) is 10.3. The number of amides is 1. The van der Waals surface area contributed by atoms with Gasteiger partial charge in [0.2, 0.25) is 10.0 Å². The molecule has 0 atom stereocenters. The SMILES string of the molecule is CN1CCN(c2ccc(NC(=O)c3cc(S(=O)(=O)N4CCOCC4)ccc3Cl)cc2)CC1.